The molecular formula is C14H15NO. The first kappa shape index (κ1) is 12.0. The number of para-hydroxylation sites is 2. The lowest BCUT2D eigenvalue weighted by Gasteiger charge is -2.04. The smallest absolute Gasteiger partial charge is 0.116 e. The van der Waals surface area contributed by atoms with Gasteiger partial charge in [0.2, 0.25) is 0 Å². The first-order valence-electron chi connectivity index (χ1n) is 5.13. The number of hydrogen-bond acceptors (Lipinski definition) is 2. The highest BCUT2D eigenvalue weighted by Gasteiger charge is 1.89. The van der Waals surface area contributed by atoms with Gasteiger partial charge in [0.25, 0.3) is 0 Å². The average Bonchev–Trinajstić information content (AvgIpc) is 2.33. The predicted octanol–water partition coefficient (Wildman–Crippen LogP) is 3.64. The van der Waals surface area contributed by atoms with Gasteiger partial charge < -0.3 is 10.1 Å². The third-order valence-electron chi connectivity index (χ3n) is 1.84. The molecule has 0 aliphatic carbocycles. The normalized spacial score (nSPS) is 8.56. The van der Waals surface area contributed by atoms with Gasteiger partial charge in [-0.15, -0.1) is 0 Å². The second-order valence-electron chi connectivity index (χ2n) is 3.09. The molecule has 16 heavy (non-hydrogen) atoms. The molecule has 2 heteroatoms. The Morgan fingerprint density at radius 3 is 1.44 bits per heavy atom. The topological polar surface area (TPSA) is 29.1 Å². The summed E-state index contributed by atoms with van der Waals surface area (Å²) in [6.45, 7) is 1.44. The average molecular weight is 213 g/mol. The number of carbonyl (C=O) groups excluding carboxylic acids is 1. The van der Waals surface area contributed by atoms with Crippen LogP contribution in [-0.4, -0.2) is 6.29 Å². The molecule has 0 aliphatic heterocycles. The molecule has 0 spiro atoms. The number of aldehydes is 1. The van der Waals surface area contributed by atoms with Gasteiger partial charge in [0, 0.05) is 11.4 Å². The van der Waals surface area contributed by atoms with Crippen LogP contribution in [0, 0.1) is 0 Å². The highest BCUT2D eigenvalue weighted by atomic mass is 16.1. The van der Waals surface area contributed by atoms with Crippen LogP contribution in [-0.2, 0) is 4.79 Å². The highest BCUT2D eigenvalue weighted by Crippen LogP contribution is 2.14. The Labute approximate surface area is 95.9 Å². The first-order valence-corrected chi connectivity index (χ1v) is 5.13. The standard InChI is InChI=1S/C12H11N.C2H4O/c1-3-7-11(8-4-1)13-12-9-5-2-6-10-12;1-2-3/h1-10,13H;2H,1H3. The summed E-state index contributed by atoms with van der Waals surface area (Å²) in [7, 11) is 0. The summed E-state index contributed by atoms with van der Waals surface area (Å²) in [5.41, 5.74) is 2.24. The lowest BCUT2D eigenvalue weighted by Crippen LogP contribution is -1.87. The fourth-order valence-corrected chi connectivity index (χ4v) is 1.21. The Bertz CT molecular complexity index is 360. The molecule has 82 valence electrons. The van der Waals surface area contributed by atoms with Crippen LogP contribution < -0.4 is 5.32 Å². The van der Waals surface area contributed by atoms with Crippen molar-refractivity contribution in [2.75, 3.05) is 5.32 Å². The molecule has 2 rings (SSSR count). The molecular weight excluding hydrogens is 198 g/mol. The van der Waals surface area contributed by atoms with Crippen molar-refractivity contribution >= 4 is 17.7 Å². The lowest BCUT2D eigenvalue weighted by atomic mass is 10.3. The van der Waals surface area contributed by atoms with Crippen LogP contribution in [0.5, 0.6) is 0 Å². The molecule has 0 bridgehead atoms. The Kier molecular flexibility index (Phi) is 5.42. The molecule has 0 fully saturated rings. The van der Waals surface area contributed by atoms with Gasteiger partial charge in [0.1, 0.15) is 6.29 Å². The van der Waals surface area contributed by atoms with Gasteiger partial charge in [-0.2, -0.15) is 0 Å². The molecule has 0 saturated heterocycles. The summed E-state index contributed by atoms with van der Waals surface area (Å²) in [6, 6.07) is 20.3. The molecule has 0 radical (unpaired) electrons. The molecule has 0 aromatic heterocycles. The summed E-state index contributed by atoms with van der Waals surface area (Å²) in [6.07, 6.45) is 0.750. The second kappa shape index (κ2) is 7.23. The van der Waals surface area contributed by atoms with Crippen molar-refractivity contribution in [3.8, 4) is 0 Å². The van der Waals surface area contributed by atoms with Gasteiger partial charge in [0.15, 0.2) is 0 Å². The molecule has 2 aromatic carbocycles. The molecule has 0 atom stereocenters. The quantitative estimate of drug-likeness (QED) is 0.772. The minimum atomic E-state index is 0.750. The zero-order valence-corrected chi connectivity index (χ0v) is 9.26. The number of benzene rings is 2. The van der Waals surface area contributed by atoms with Crippen LogP contribution in [0.2, 0.25) is 0 Å². The van der Waals surface area contributed by atoms with Gasteiger partial charge in [-0.25, -0.2) is 0 Å². The minimum Gasteiger partial charge on any atom is -0.356 e. The third-order valence-corrected chi connectivity index (χ3v) is 1.84. The maximum Gasteiger partial charge on any atom is 0.116 e. The van der Waals surface area contributed by atoms with Crippen molar-refractivity contribution in [2.24, 2.45) is 0 Å². The lowest BCUT2D eigenvalue weighted by molar-refractivity contribution is -0.106. The largest absolute Gasteiger partial charge is 0.356 e. The summed E-state index contributed by atoms with van der Waals surface area (Å²) in [5, 5.41) is 3.30. The first-order chi connectivity index (χ1) is 7.86. The van der Waals surface area contributed by atoms with Crippen LogP contribution in [0.15, 0.2) is 60.7 Å². The molecule has 1 N–H and O–H groups in total. The van der Waals surface area contributed by atoms with Crippen LogP contribution >= 0.6 is 0 Å². The maximum atomic E-state index is 8.81. The van der Waals surface area contributed by atoms with Gasteiger partial charge in [-0.1, -0.05) is 36.4 Å². The van der Waals surface area contributed by atoms with Crippen molar-refractivity contribution < 1.29 is 4.79 Å². The second-order valence-corrected chi connectivity index (χ2v) is 3.09. The molecule has 0 amide bonds. The van der Waals surface area contributed by atoms with Crippen molar-refractivity contribution in [3.05, 3.63) is 60.7 Å². The fourth-order valence-electron chi connectivity index (χ4n) is 1.21. The molecule has 2 nitrogen and oxygen atoms in total. The van der Waals surface area contributed by atoms with Crippen LogP contribution in [0.4, 0.5) is 11.4 Å². The van der Waals surface area contributed by atoms with E-state index in [0.29, 0.717) is 0 Å². The predicted molar refractivity (Wildman–Crippen MR) is 67.9 cm³/mol. The van der Waals surface area contributed by atoms with Crippen molar-refractivity contribution in [1.82, 2.24) is 0 Å². The monoisotopic (exact) mass is 213 g/mol. The van der Waals surface area contributed by atoms with E-state index in [1.165, 1.54) is 6.92 Å². The highest BCUT2D eigenvalue weighted by molar-refractivity contribution is 5.58. The van der Waals surface area contributed by atoms with E-state index in [1.54, 1.807) is 0 Å². The Hall–Kier alpha value is -2.09. The molecule has 0 unspecified atom stereocenters. The van der Waals surface area contributed by atoms with E-state index in [0.717, 1.165) is 17.7 Å². The number of anilines is 2. The maximum absolute atomic E-state index is 8.81. The summed E-state index contributed by atoms with van der Waals surface area (Å²) in [5.74, 6) is 0. The number of nitrogens with one attached hydrogen (secondary N) is 1. The molecule has 2 aromatic rings. The number of hydrogen-bond donors (Lipinski definition) is 1. The van der Waals surface area contributed by atoms with Crippen LogP contribution in [0.3, 0.4) is 0 Å². The summed E-state index contributed by atoms with van der Waals surface area (Å²) < 4.78 is 0. The number of carbonyl (C=O) groups is 1. The van der Waals surface area contributed by atoms with E-state index in [2.05, 4.69) is 5.32 Å². The van der Waals surface area contributed by atoms with E-state index < -0.39 is 0 Å². The molecule has 0 saturated carbocycles. The summed E-state index contributed by atoms with van der Waals surface area (Å²) >= 11 is 0. The van der Waals surface area contributed by atoms with E-state index >= 15 is 0 Å². The zero-order valence-electron chi connectivity index (χ0n) is 9.26. The van der Waals surface area contributed by atoms with Crippen LogP contribution in [0.25, 0.3) is 0 Å². The van der Waals surface area contributed by atoms with E-state index in [1.807, 2.05) is 60.7 Å². The Morgan fingerprint density at radius 2 is 1.12 bits per heavy atom. The van der Waals surface area contributed by atoms with Gasteiger partial charge in [-0.3, -0.25) is 0 Å². The van der Waals surface area contributed by atoms with Crippen molar-refractivity contribution in [3.63, 3.8) is 0 Å². The zero-order chi connectivity index (χ0) is 11.6. The third kappa shape index (κ3) is 4.42. The Morgan fingerprint density at radius 1 is 0.812 bits per heavy atom. The van der Waals surface area contributed by atoms with Gasteiger partial charge in [-0.05, 0) is 31.2 Å². The SMILES string of the molecule is CC=O.c1ccc(Nc2ccccc2)cc1. The summed E-state index contributed by atoms with van der Waals surface area (Å²) in [4.78, 5) is 8.81. The molecule has 0 heterocycles. The molecule has 0 aliphatic rings. The van der Waals surface area contributed by atoms with E-state index in [9.17, 15) is 0 Å². The number of rotatable bonds is 2. The van der Waals surface area contributed by atoms with Gasteiger partial charge >= 0.3 is 0 Å². The van der Waals surface area contributed by atoms with Crippen molar-refractivity contribution in [2.45, 2.75) is 6.92 Å². The van der Waals surface area contributed by atoms with Crippen LogP contribution in [0.1, 0.15) is 6.92 Å². The minimum absolute atomic E-state index is 0.750. The van der Waals surface area contributed by atoms with E-state index in [-0.39, 0.29) is 0 Å². The van der Waals surface area contributed by atoms with Crippen molar-refractivity contribution in [1.29, 1.82) is 0 Å². The van der Waals surface area contributed by atoms with E-state index in [4.69, 9.17) is 4.79 Å². The van der Waals surface area contributed by atoms with Gasteiger partial charge in [0.05, 0.1) is 0 Å². The Balaban J connectivity index is 0.000000386. The fraction of sp³-hybridized carbons (Fsp3) is 0.0714.